The highest BCUT2D eigenvalue weighted by Gasteiger charge is 2.25. The van der Waals surface area contributed by atoms with Crippen molar-refractivity contribution < 1.29 is 4.79 Å². The van der Waals surface area contributed by atoms with Crippen molar-refractivity contribution in [2.75, 3.05) is 20.1 Å². The standard InChI is InChI=1S/C19H16Cl3N3O/c1-25-8-14(9-25)23-19(26)18-7-16-15(5-13(22)6-17(16)24-18)10-2-11(20)4-12(21)3-10/h2-7,14,24H,8-9H2,1H3,(H,23,26). The van der Waals surface area contributed by atoms with Crippen LogP contribution in [-0.2, 0) is 0 Å². The predicted octanol–water partition coefficient (Wildman–Crippen LogP) is 4.84. The molecule has 7 heteroatoms. The largest absolute Gasteiger partial charge is 0.350 e. The van der Waals surface area contributed by atoms with E-state index in [0.717, 1.165) is 35.1 Å². The Hall–Kier alpha value is -1.72. The summed E-state index contributed by atoms with van der Waals surface area (Å²) in [5, 5.41) is 5.58. The molecule has 2 heterocycles. The molecule has 0 atom stereocenters. The second kappa shape index (κ2) is 6.78. The molecule has 4 rings (SSSR count). The Kier molecular flexibility index (Phi) is 4.61. The summed E-state index contributed by atoms with van der Waals surface area (Å²) in [4.78, 5) is 17.8. The summed E-state index contributed by atoms with van der Waals surface area (Å²) in [7, 11) is 2.02. The number of fused-ring (bicyclic) bond motifs is 1. The summed E-state index contributed by atoms with van der Waals surface area (Å²) in [5.74, 6) is -0.120. The molecule has 1 aliphatic heterocycles. The van der Waals surface area contributed by atoms with Crippen LogP contribution in [0.25, 0.3) is 22.0 Å². The number of nitrogens with one attached hydrogen (secondary N) is 2. The molecule has 1 aromatic heterocycles. The van der Waals surface area contributed by atoms with Crippen LogP contribution < -0.4 is 5.32 Å². The fourth-order valence-corrected chi connectivity index (χ4v) is 4.07. The fraction of sp³-hybridized carbons (Fsp3) is 0.211. The lowest BCUT2D eigenvalue weighted by atomic mass is 10.0. The predicted molar refractivity (Wildman–Crippen MR) is 108 cm³/mol. The first-order chi connectivity index (χ1) is 12.4. The maximum atomic E-state index is 12.5. The Morgan fingerprint density at radius 1 is 1.04 bits per heavy atom. The minimum atomic E-state index is -0.120. The topological polar surface area (TPSA) is 48.1 Å². The molecule has 1 amide bonds. The second-order valence-corrected chi connectivity index (χ2v) is 7.96. The lowest BCUT2D eigenvalue weighted by Crippen LogP contribution is -2.57. The molecule has 0 aliphatic carbocycles. The third kappa shape index (κ3) is 3.42. The molecule has 0 spiro atoms. The second-order valence-electron chi connectivity index (χ2n) is 6.65. The Balaban J connectivity index is 1.74. The number of likely N-dealkylation sites (tertiary alicyclic amines) is 1. The highest BCUT2D eigenvalue weighted by atomic mass is 35.5. The van der Waals surface area contributed by atoms with Gasteiger partial charge in [0.15, 0.2) is 0 Å². The van der Waals surface area contributed by atoms with Gasteiger partial charge in [-0.15, -0.1) is 0 Å². The Bertz CT molecular complexity index is 988. The molecule has 26 heavy (non-hydrogen) atoms. The van der Waals surface area contributed by atoms with E-state index in [0.29, 0.717) is 20.8 Å². The van der Waals surface area contributed by atoms with E-state index in [9.17, 15) is 4.79 Å². The highest BCUT2D eigenvalue weighted by molar-refractivity contribution is 6.35. The fourth-order valence-electron chi connectivity index (χ4n) is 3.33. The number of carbonyl (C=O) groups excluding carboxylic acids is 1. The van der Waals surface area contributed by atoms with E-state index in [4.69, 9.17) is 34.8 Å². The first-order valence-electron chi connectivity index (χ1n) is 8.17. The van der Waals surface area contributed by atoms with E-state index < -0.39 is 0 Å². The molecule has 2 N–H and O–H groups in total. The quantitative estimate of drug-likeness (QED) is 0.651. The number of benzene rings is 2. The van der Waals surface area contributed by atoms with Crippen molar-refractivity contribution in [2.24, 2.45) is 0 Å². The van der Waals surface area contributed by atoms with Crippen molar-refractivity contribution >= 4 is 51.6 Å². The van der Waals surface area contributed by atoms with Crippen molar-refractivity contribution in [3.63, 3.8) is 0 Å². The van der Waals surface area contributed by atoms with Crippen molar-refractivity contribution in [1.29, 1.82) is 0 Å². The molecule has 0 unspecified atom stereocenters. The van der Waals surface area contributed by atoms with Crippen LogP contribution in [0.5, 0.6) is 0 Å². The Morgan fingerprint density at radius 3 is 2.35 bits per heavy atom. The van der Waals surface area contributed by atoms with Crippen LogP contribution in [0.4, 0.5) is 0 Å². The smallest absolute Gasteiger partial charge is 0.268 e. The van der Waals surface area contributed by atoms with Crippen LogP contribution in [0.1, 0.15) is 10.5 Å². The van der Waals surface area contributed by atoms with E-state index in [1.165, 1.54) is 0 Å². The summed E-state index contributed by atoms with van der Waals surface area (Å²) in [6.45, 7) is 1.73. The van der Waals surface area contributed by atoms with E-state index in [1.807, 2.05) is 31.3 Å². The molecular formula is C19H16Cl3N3O. The van der Waals surface area contributed by atoms with Gasteiger partial charge in [-0.25, -0.2) is 0 Å². The molecule has 4 nitrogen and oxygen atoms in total. The Labute approximate surface area is 166 Å². The van der Waals surface area contributed by atoms with Gasteiger partial charge in [0.2, 0.25) is 0 Å². The number of hydrogen-bond acceptors (Lipinski definition) is 2. The average molecular weight is 409 g/mol. The van der Waals surface area contributed by atoms with Crippen LogP contribution in [0.3, 0.4) is 0 Å². The number of aromatic nitrogens is 1. The molecule has 1 saturated heterocycles. The average Bonchev–Trinajstić information content (AvgIpc) is 2.95. The zero-order valence-electron chi connectivity index (χ0n) is 13.9. The number of nitrogens with zero attached hydrogens (tertiary/aromatic N) is 1. The minimum absolute atomic E-state index is 0.120. The number of likely N-dealkylation sites (N-methyl/N-ethyl adjacent to an activating group) is 1. The number of amides is 1. The van der Waals surface area contributed by atoms with Gasteiger partial charge < -0.3 is 15.2 Å². The van der Waals surface area contributed by atoms with Gasteiger partial charge in [-0.1, -0.05) is 34.8 Å². The summed E-state index contributed by atoms with van der Waals surface area (Å²) < 4.78 is 0. The molecular weight excluding hydrogens is 393 g/mol. The van der Waals surface area contributed by atoms with Crippen LogP contribution in [0, 0.1) is 0 Å². The summed E-state index contributed by atoms with van der Waals surface area (Å²) in [6.07, 6.45) is 0. The summed E-state index contributed by atoms with van der Waals surface area (Å²) >= 11 is 18.6. The third-order valence-electron chi connectivity index (χ3n) is 4.52. The van der Waals surface area contributed by atoms with Crippen molar-refractivity contribution in [2.45, 2.75) is 6.04 Å². The van der Waals surface area contributed by atoms with Crippen molar-refractivity contribution in [3.8, 4) is 11.1 Å². The van der Waals surface area contributed by atoms with Gasteiger partial charge in [-0.2, -0.15) is 0 Å². The van der Waals surface area contributed by atoms with E-state index in [-0.39, 0.29) is 11.9 Å². The first-order valence-corrected chi connectivity index (χ1v) is 9.30. The van der Waals surface area contributed by atoms with Gasteiger partial charge in [0.25, 0.3) is 5.91 Å². The lowest BCUT2D eigenvalue weighted by Gasteiger charge is -2.36. The zero-order chi connectivity index (χ0) is 18.4. The number of hydrogen-bond donors (Lipinski definition) is 2. The molecule has 3 aromatic rings. The van der Waals surface area contributed by atoms with E-state index in [2.05, 4.69) is 15.2 Å². The molecule has 1 fully saturated rings. The molecule has 2 aromatic carbocycles. The van der Waals surface area contributed by atoms with Crippen LogP contribution in [0.2, 0.25) is 15.1 Å². The molecule has 0 saturated carbocycles. The van der Waals surface area contributed by atoms with Gasteiger partial charge in [-0.3, -0.25) is 4.79 Å². The third-order valence-corrected chi connectivity index (χ3v) is 5.17. The SMILES string of the molecule is CN1CC(NC(=O)c2cc3c(-c4cc(Cl)cc(Cl)c4)cc(Cl)cc3[nH]2)C1. The molecule has 1 aliphatic rings. The Morgan fingerprint density at radius 2 is 1.69 bits per heavy atom. The molecule has 134 valence electrons. The highest BCUT2D eigenvalue weighted by Crippen LogP contribution is 2.35. The van der Waals surface area contributed by atoms with Crippen molar-refractivity contribution in [3.05, 3.63) is 57.2 Å². The maximum Gasteiger partial charge on any atom is 0.268 e. The number of aromatic amines is 1. The van der Waals surface area contributed by atoms with Gasteiger partial charge >= 0.3 is 0 Å². The van der Waals surface area contributed by atoms with Crippen molar-refractivity contribution in [1.82, 2.24) is 15.2 Å². The summed E-state index contributed by atoms with van der Waals surface area (Å²) in [6, 6.07) is 11.0. The van der Waals surface area contributed by atoms with Gasteiger partial charge in [0.1, 0.15) is 5.69 Å². The van der Waals surface area contributed by atoms with E-state index in [1.54, 1.807) is 12.1 Å². The maximum absolute atomic E-state index is 12.5. The van der Waals surface area contributed by atoms with Gasteiger partial charge in [-0.05, 0) is 54.6 Å². The summed E-state index contributed by atoms with van der Waals surface area (Å²) in [5.41, 5.74) is 3.02. The zero-order valence-corrected chi connectivity index (χ0v) is 16.2. The lowest BCUT2D eigenvalue weighted by molar-refractivity contribution is 0.0853. The van der Waals surface area contributed by atoms with Crippen LogP contribution in [-0.4, -0.2) is 42.0 Å². The number of halogens is 3. The minimum Gasteiger partial charge on any atom is -0.350 e. The number of rotatable bonds is 3. The van der Waals surface area contributed by atoms with Crippen LogP contribution in [0.15, 0.2) is 36.4 Å². The number of carbonyl (C=O) groups is 1. The molecule has 0 bridgehead atoms. The normalized spacial score (nSPS) is 15.2. The first kappa shape index (κ1) is 17.7. The van der Waals surface area contributed by atoms with E-state index >= 15 is 0 Å². The van der Waals surface area contributed by atoms with Crippen LogP contribution >= 0.6 is 34.8 Å². The van der Waals surface area contributed by atoms with Gasteiger partial charge in [0.05, 0.1) is 6.04 Å². The monoisotopic (exact) mass is 407 g/mol. The van der Waals surface area contributed by atoms with Gasteiger partial charge in [0, 0.05) is 39.1 Å². The molecule has 0 radical (unpaired) electrons. The number of H-pyrrole nitrogens is 1.